The van der Waals surface area contributed by atoms with Crippen LogP contribution in [0.1, 0.15) is 51.5 Å². The van der Waals surface area contributed by atoms with Crippen LogP contribution >= 0.6 is 0 Å². The standard InChI is InChI=1S/C23H33N3O6S/c1-23(2,3)32-22(29)26(11-6-14-27)13-12-25(4)33(30,31)19-8-5-7-17-20(19)18(16-9-10-16)15-24-21(17)28/h5,7-8,15-16,27H,6,9-14H2,1-4H3,(H,24,28). The summed E-state index contributed by atoms with van der Waals surface area (Å²) in [4.78, 5) is 29.1. The van der Waals surface area contributed by atoms with Gasteiger partial charge in [0.15, 0.2) is 0 Å². The van der Waals surface area contributed by atoms with E-state index in [9.17, 15) is 23.1 Å². The van der Waals surface area contributed by atoms with Crippen LogP contribution in [0.3, 0.4) is 0 Å². The van der Waals surface area contributed by atoms with E-state index in [-0.39, 0.29) is 42.6 Å². The minimum absolute atomic E-state index is 0.0331. The van der Waals surface area contributed by atoms with Crippen molar-refractivity contribution in [3.8, 4) is 0 Å². The van der Waals surface area contributed by atoms with Gasteiger partial charge in [0.2, 0.25) is 10.0 Å². The van der Waals surface area contributed by atoms with E-state index >= 15 is 0 Å². The zero-order chi connectivity index (χ0) is 24.4. The van der Waals surface area contributed by atoms with E-state index in [1.165, 1.54) is 22.3 Å². The molecule has 0 bridgehead atoms. The number of carbonyl (C=O) groups is 1. The average molecular weight is 480 g/mol. The third-order valence-corrected chi connectivity index (χ3v) is 7.45. The number of benzene rings is 1. The molecule has 10 heteroatoms. The molecule has 2 aromatic rings. The zero-order valence-corrected chi connectivity index (χ0v) is 20.4. The lowest BCUT2D eigenvalue weighted by atomic mass is 10.0. The van der Waals surface area contributed by atoms with E-state index in [1.54, 1.807) is 39.1 Å². The number of aromatic amines is 1. The van der Waals surface area contributed by atoms with Crippen LogP contribution in [0.4, 0.5) is 4.79 Å². The number of nitrogens with one attached hydrogen (secondary N) is 1. The fraction of sp³-hybridized carbons (Fsp3) is 0.565. The molecule has 1 aliphatic rings. The fourth-order valence-corrected chi connectivity index (χ4v) is 5.07. The van der Waals surface area contributed by atoms with Crippen LogP contribution in [-0.4, -0.2) is 72.7 Å². The molecule has 1 aliphatic carbocycles. The third kappa shape index (κ3) is 5.93. The molecule has 1 heterocycles. The van der Waals surface area contributed by atoms with Gasteiger partial charge in [0.05, 0.1) is 4.90 Å². The highest BCUT2D eigenvalue weighted by Crippen LogP contribution is 2.43. The van der Waals surface area contributed by atoms with Gasteiger partial charge in [-0.05, 0) is 63.6 Å². The SMILES string of the molecule is CN(CCN(CCCO)C(=O)OC(C)(C)C)S(=O)(=O)c1cccc2c(=O)[nH]cc(C3CC3)c12. The van der Waals surface area contributed by atoms with Gasteiger partial charge in [-0.25, -0.2) is 13.2 Å². The van der Waals surface area contributed by atoms with Crippen LogP contribution in [0, 0.1) is 0 Å². The van der Waals surface area contributed by atoms with Crippen LogP contribution in [-0.2, 0) is 14.8 Å². The Labute approximate surface area is 194 Å². The topological polar surface area (TPSA) is 120 Å². The second kappa shape index (κ2) is 9.82. The van der Waals surface area contributed by atoms with Crippen LogP contribution in [0.15, 0.2) is 34.1 Å². The van der Waals surface area contributed by atoms with Gasteiger partial charge in [0, 0.05) is 50.3 Å². The molecule has 0 unspecified atom stereocenters. The molecule has 1 aromatic heterocycles. The summed E-state index contributed by atoms with van der Waals surface area (Å²) in [7, 11) is -2.48. The van der Waals surface area contributed by atoms with Crippen molar-refractivity contribution >= 4 is 26.9 Å². The number of hydrogen-bond donors (Lipinski definition) is 2. The lowest BCUT2D eigenvalue weighted by Gasteiger charge is -2.29. The van der Waals surface area contributed by atoms with Gasteiger partial charge in [-0.1, -0.05) is 6.07 Å². The smallest absolute Gasteiger partial charge is 0.410 e. The number of pyridine rings is 1. The lowest BCUT2D eigenvalue weighted by Crippen LogP contribution is -2.42. The zero-order valence-electron chi connectivity index (χ0n) is 19.6. The molecule has 2 N–H and O–H groups in total. The first-order chi connectivity index (χ1) is 15.5. The molecule has 1 fully saturated rings. The highest BCUT2D eigenvalue weighted by molar-refractivity contribution is 7.89. The quantitative estimate of drug-likeness (QED) is 0.571. The Kier molecular flexibility index (Phi) is 7.50. The Bertz CT molecular complexity index is 1160. The van der Waals surface area contributed by atoms with Crippen LogP contribution in [0.25, 0.3) is 10.8 Å². The first-order valence-electron chi connectivity index (χ1n) is 11.1. The van der Waals surface area contributed by atoms with Gasteiger partial charge in [-0.3, -0.25) is 4.79 Å². The summed E-state index contributed by atoms with van der Waals surface area (Å²) in [6, 6.07) is 4.73. The summed E-state index contributed by atoms with van der Waals surface area (Å²) >= 11 is 0. The van der Waals surface area contributed by atoms with E-state index in [0.717, 1.165) is 18.4 Å². The van der Waals surface area contributed by atoms with Gasteiger partial charge < -0.3 is 19.7 Å². The third-order valence-electron chi connectivity index (χ3n) is 5.55. The molecule has 3 rings (SSSR count). The number of nitrogens with zero attached hydrogens (tertiary/aromatic N) is 2. The Morgan fingerprint density at radius 2 is 1.91 bits per heavy atom. The predicted octanol–water partition coefficient (Wildman–Crippen LogP) is 2.65. The first-order valence-corrected chi connectivity index (χ1v) is 12.6. The number of sulfonamides is 1. The van der Waals surface area contributed by atoms with E-state index in [0.29, 0.717) is 17.2 Å². The van der Waals surface area contributed by atoms with Crippen molar-refractivity contribution in [3.05, 3.63) is 40.3 Å². The highest BCUT2D eigenvalue weighted by atomic mass is 32.2. The van der Waals surface area contributed by atoms with Gasteiger partial charge >= 0.3 is 6.09 Å². The Hall–Kier alpha value is -2.43. The van der Waals surface area contributed by atoms with E-state index in [2.05, 4.69) is 4.98 Å². The number of ether oxygens (including phenoxy) is 1. The maximum atomic E-state index is 13.5. The number of hydrogen-bond acceptors (Lipinski definition) is 6. The van der Waals surface area contributed by atoms with Crippen molar-refractivity contribution in [1.82, 2.24) is 14.2 Å². The van der Waals surface area contributed by atoms with E-state index in [4.69, 9.17) is 4.74 Å². The lowest BCUT2D eigenvalue weighted by molar-refractivity contribution is 0.0235. The summed E-state index contributed by atoms with van der Waals surface area (Å²) in [6.45, 7) is 5.55. The molecule has 33 heavy (non-hydrogen) atoms. The largest absolute Gasteiger partial charge is 0.444 e. The number of fused-ring (bicyclic) bond motifs is 1. The molecule has 0 spiro atoms. The molecule has 182 valence electrons. The summed E-state index contributed by atoms with van der Waals surface area (Å²) in [5.41, 5.74) is -0.174. The van der Waals surface area contributed by atoms with Gasteiger partial charge in [0.1, 0.15) is 5.60 Å². The second-order valence-electron chi connectivity index (χ2n) is 9.40. The number of likely N-dealkylation sites (N-methyl/N-ethyl adjacent to an activating group) is 1. The summed E-state index contributed by atoms with van der Waals surface area (Å²) < 4.78 is 33.6. The maximum absolute atomic E-state index is 13.5. The van der Waals surface area contributed by atoms with Crippen LogP contribution < -0.4 is 5.56 Å². The van der Waals surface area contributed by atoms with E-state index in [1.807, 2.05) is 0 Å². The molecular formula is C23H33N3O6S. The molecular weight excluding hydrogens is 446 g/mol. The predicted molar refractivity (Wildman–Crippen MR) is 126 cm³/mol. The molecule has 9 nitrogen and oxygen atoms in total. The number of amides is 1. The van der Waals surface area contributed by atoms with Crippen LogP contribution in [0.2, 0.25) is 0 Å². The first kappa shape index (κ1) is 25.2. The Balaban J connectivity index is 1.87. The van der Waals surface area contributed by atoms with Crippen molar-refractivity contribution in [3.63, 3.8) is 0 Å². The Morgan fingerprint density at radius 1 is 1.21 bits per heavy atom. The monoisotopic (exact) mass is 479 g/mol. The summed E-state index contributed by atoms with van der Waals surface area (Å²) in [6.07, 6.45) is 3.34. The Morgan fingerprint density at radius 3 is 2.52 bits per heavy atom. The van der Waals surface area contributed by atoms with Crippen LogP contribution in [0.5, 0.6) is 0 Å². The minimum Gasteiger partial charge on any atom is -0.444 e. The number of aliphatic hydroxyl groups is 1. The molecule has 1 saturated carbocycles. The number of aliphatic hydroxyl groups excluding tert-OH is 1. The fourth-order valence-electron chi connectivity index (χ4n) is 3.67. The van der Waals surface area contributed by atoms with Crippen molar-refractivity contribution in [1.29, 1.82) is 0 Å². The summed E-state index contributed by atoms with van der Waals surface area (Å²) in [5.74, 6) is 0.243. The molecule has 0 radical (unpaired) electrons. The molecule has 1 aromatic carbocycles. The minimum atomic E-state index is -3.94. The van der Waals surface area contributed by atoms with Crippen molar-refractivity contribution < 1.29 is 23.1 Å². The van der Waals surface area contributed by atoms with Crippen molar-refractivity contribution in [2.24, 2.45) is 0 Å². The molecule has 0 atom stereocenters. The van der Waals surface area contributed by atoms with Gasteiger partial charge in [0.25, 0.3) is 5.56 Å². The molecule has 0 saturated heterocycles. The maximum Gasteiger partial charge on any atom is 0.410 e. The second-order valence-corrected chi connectivity index (χ2v) is 11.4. The average Bonchev–Trinajstić information content (AvgIpc) is 3.57. The number of rotatable bonds is 9. The number of carbonyl (C=O) groups excluding carboxylic acids is 1. The number of aromatic nitrogens is 1. The number of H-pyrrole nitrogens is 1. The van der Waals surface area contributed by atoms with Crippen molar-refractivity contribution in [2.45, 2.75) is 56.4 Å². The normalized spacial score (nSPS) is 14.6. The van der Waals surface area contributed by atoms with Gasteiger partial charge in [-0.15, -0.1) is 0 Å². The molecule has 1 amide bonds. The van der Waals surface area contributed by atoms with Gasteiger partial charge in [-0.2, -0.15) is 4.31 Å². The van der Waals surface area contributed by atoms with E-state index < -0.39 is 21.7 Å². The molecule has 0 aliphatic heterocycles. The highest BCUT2D eigenvalue weighted by Gasteiger charge is 2.31. The van der Waals surface area contributed by atoms with Crippen molar-refractivity contribution in [2.75, 3.05) is 33.3 Å². The summed E-state index contributed by atoms with van der Waals surface area (Å²) in [5, 5.41) is 10.00.